The van der Waals surface area contributed by atoms with E-state index in [2.05, 4.69) is 27.1 Å². The highest BCUT2D eigenvalue weighted by Gasteiger charge is 2.57. The number of likely N-dealkylation sites (tertiary alicyclic amines) is 1. The first-order valence-electron chi connectivity index (χ1n) is 9.47. The lowest BCUT2D eigenvalue weighted by Crippen LogP contribution is -2.44. The third kappa shape index (κ3) is 3.61. The number of benzene rings is 1. The number of hydrogen-bond acceptors (Lipinski definition) is 5. The number of sulfonamides is 1. The predicted molar refractivity (Wildman–Crippen MR) is 109 cm³/mol. The van der Waals surface area contributed by atoms with Gasteiger partial charge < -0.3 is 5.32 Å². The topological polar surface area (TPSA) is 78.5 Å². The van der Waals surface area contributed by atoms with Gasteiger partial charge in [-0.25, -0.2) is 13.1 Å². The zero-order valence-electron chi connectivity index (χ0n) is 15.8. The average molecular weight is 420 g/mol. The van der Waals surface area contributed by atoms with E-state index in [4.69, 9.17) is 0 Å². The summed E-state index contributed by atoms with van der Waals surface area (Å²) in [6, 6.07) is 13.4. The second-order valence-corrected chi connectivity index (χ2v) is 10.7. The van der Waals surface area contributed by atoms with Crippen LogP contribution in [0.3, 0.4) is 0 Å². The Morgan fingerprint density at radius 3 is 2.71 bits per heavy atom. The van der Waals surface area contributed by atoms with Crippen molar-refractivity contribution in [2.24, 2.45) is 11.3 Å². The fourth-order valence-corrected chi connectivity index (χ4v) is 7.08. The van der Waals surface area contributed by atoms with E-state index in [1.807, 2.05) is 18.2 Å². The molecular weight excluding hydrogens is 394 g/mol. The van der Waals surface area contributed by atoms with Gasteiger partial charge in [0.1, 0.15) is 4.21 Å². The molecule has 1 aliphatic carbocycles. The van der Waals surface area contributed by atoms with Crippen molar-refractivity contribution < 1.29 is 13.2 Å². The minimum atomic E-state index is -3.53. The van der Waals surface area contributed by atoms with Gasteiger partial charge in [-0.3, -0.25) is 9.69 Å². The van der Waals surface area contributed by atoms with E-state index in [1.54, 1.807) is 24.6 Å². The van der Waals surface area contributed by atoms with Crippen LogP contribution in [0, 0.1) is 11.3 Å². The maximum absolute atomic E-state index is 12.8. The lowest BCUT2D eigenvalue weighted by molar-refractivity contribution is -0.131. The van der Waals surface area contributed by atoms with Gasteiger partial charge in [0.2, 0.25) is 15.9 Å². The maximum atomic E-state index is 12.8. The summed E-state index contributed by atoms with van der Waals surface area (Å²) in [7, 11) is -1.87. The highest BCUT2D eigenvalue weighted by atomic mass is 32.2. The molecule has 150 valence electrons. The van der Waals surface area contributed by atoms with Gasteiger partial charge in [-0.05, 0) is 35.8 Å². The molecule has 2 aromatic rings. The van der Waals surface area contributed by atoms with E-state index in [0.717, 1.165) is 13.1 Å². The van der Waals surface area contributed by atoms with Gasteiger partial charge in [0.05, 0.1) is 5.41 Å². The molecule has 1 aromatic heterocycles. The van der Waals surface area contributed by atoms with Crippen molar-refractivity contribution in [1.82, 2.24) is 14.9 Å². The van der Waals surface area contributed by atoms with Crippen LogP contribution in [-0.4, -0.2) is 45.4 Å². The number of nitrogens with one attached hydrogen (secondary N) is 2. The van der Waals surface area contributed by atoms with Crippen molar-refractivity contribution in [3.05, 3.63) is 53.4 Å². The first-order valence-corrected chi connectivity index (χ1v) is 11.8. The molecule has 1 aliphatic heterocycles. The largest absolute Gasteiger partial charge is 0.359 e. The van der Waals surface area contributed by atoms with Gasteiger partial charge >= 0.3 is 0 Å². The van der Waals surface area contributed by atoms with E-state index in [9.17, 15) is 13.2 Å². The van der Waals surface area contributed by atoms with Crippen molar-refractivity contribution in [3.63, 3.8) is 0 Å². The van der Waals surface area contributed by atoms with E-state index in [1.165, 1.54) is 16.9 Å². The Morgan fingerprint density at radius 1 is 1.25 bits per heavy atom. The summed E-state index contributed by atoms with van der Waals surface area (Å²) in [5.41, 5.74) is 0.691. The third-order valence-electron chi connectivity index (χ3n) is 5.96. The third-order valence-corrected chi connectivity index (χ3v) is 8.87. The molecule has 3 atom stereocenters. The lowest BCUT2D eigenvalue weighted by Gasteiger charge is -2.27. The number of rotatable bonds is 6. The SMILES string of the molecule is CNC(=O)[C@]12C[C@@H](NS(=O)(=O)c3cccs3)C[C@H]1CN(Cc1ccccc1)C2. The summed E-state index contributed by atoms with van der Waals surface area (Å²) in [5.74, 6) is 0.165. The molecule has 0 radical (unpaired) electrons. The number of carbonyl (C=O) groups excluding carboxylic acids is 1. The molecule has 2 aliphatic rings. The van der Waals surface area contributed by atoms with Crippen molar-refractivity contribution in [3.8, 4) is 0 Å². The van der Waals surface area contributed by atoms with Crippen molar-refractivity contribution in [2.75, 3.05) is 20.1 Å². The molecule has 6 nitrogen and oxygen atoms in total. The van der Waals surface area contributed by atoms with Gasteiger partial charge in [-0.15, -0.1) is 11.3 Å². The fraction of sp³-hybridized carbons (Fsp3) is 0.450. The van der Waals surface area contributed by atoms with Crippen LogP contribution < -0.4 is 10.0 Å². The Kier molecular flexibility index (Phi) is 5.30. The lowest BCUT2D eigenvalue weighted by atomic mass is 9.80. The molecule has 8 heteroatoms. The molecule has 0 bridgehead atoms. The summed E-state index contributed by atoms with van der Waals surface area (Å²) in [4.78, 5) is 15.2. The minimum Gasteiger partial charge on any atom is -0.359 e. The monoisotopic (exact) mass is 419 g/mol. The van der Waals surface area contributed by atoms with Crippen LogP contribution >= 0.6 is 11.3 Å². The van der Waals surface area contributed by atoms with Crippen molar-refractivity contribution >= 4 is 27.3 Å². The molecule has 0 spiro atoms. The summed E-state index contributed by atoms with van der Waals surface area (Å²) in [6.07, 6.45) is 1.22. The van der Waals surface area contributed by atoms with Crippen molar-refractivity contribution in [1.29, 1.82) is 0 Å². The molecule has 1 amide bonds. The number of thiophene rings is 1. The van der Waals surface area contributed by atoms with E-state index in [-0.39, 0.29) is 17.9 Å². The molecule has 1 saturated heterocycles. The van der Waals surface area contributed by atoms with Crippen LogP contribution in [-0.2, 0) is 21.4 Å². The Bertz CT molecular complexity index is 931. The normalized spacial score (nSPS) is 27.6. The number of hydrogen-bond donors (Lipinski definition) is 2. The molecule has 1 aromatic carbocycles. The van der Waals surface area contributed by atoms with Gasteiger partial charge in [0.15, 0.2) is 0 Å². The molecule has 0 unspecified atom stereocenters. The Hall–Kier alpha value is -1.74. The number of amides is 1. The van der Waals surface area contributed by atoms with Crippen LogP contribution in [0.5, 0.6) is 0 Å². The van der Waals surface area contributed by atoms with Gasteiger partial charge in [0, 0.05) is 32.7 Å². The van der Waals surface area contributed by atoms with E-state index >= 15 is 0 Å². The first kappa shape index (κ1) is 19.6. The zero-order chi connectivity index (χ0) is 19.8. The Balaban J connectivity index is 1.49. The second-order valence-electron chi connectivity index (χ2n) is 7.78. The Morgan fingerprint density at radius 2 is 2.04 bits per heavy atom. The predicted octanol–water partition coefficient (Wildman–Crippen LogP) is 2.05. The van der Waals surface area contributed by atoms with Gasteiger partial charge in [0.25, 0.3) is 0 Å². The zero-order valence-corrected chi connectivity index (χ0v) is 17.4. The molecule has 4 rings (SSSR count). The van der Waals surface area contributed by atoms with Crippen LogP contribution in [0.1, 0.15) is 18.4 Å². The summed E-state index contributed by atoms with van der Waals surface area (Å²) in [5, 5.41) is 4.58. The first-order chi connectivity index (χ1) is 13.4. The van der Waals surface area contributed by atoms with Gasteiger partial charge in [-0.1, -0.05) is 36.4 Å². The molecule has 1 saturated carbocycles. The highest BCUT2D eigenvalue weighted by Crippen LogP contribution is 2.49. The summed E-state index contributed by atoms with van der Waals surface area (Å²) < 4.78 is 28.4. The minimum absolute atomic E-state index is 0.0193. The van der Waals surface area contributed by atoms with E-state index in [0.29, 0.717) is 23.6 Å². The fourth-order valence-electron chi connectivity index (χ4n) is 4.82. The van der Waals surface area contributed by atoms with Gasteiger partial charge in [-0.2, -0.15) is 0 Å². The average Bonchev–Trinajstić information content (AvgIpc) is 3.37. The highest BCUT2D eigenvalue weighted by molar-refractivity contribution is 7.91. The molecule has 2 fully saturated rings. The Labute approximate surface area is 170 Å². The number of carbonyl (C=O) groups is 1. The molecular formula is C20H25N3O3S2. The molecule has 2 N–H and O–H groups in total. The van der Waals surface area contributed by atoms with Crippen LogP contribution in [0.2, 0.25) is 0 Å². The van der Waals surface area contributed by atoms with Crippen LogP contribution in [0.15, 0.2) is 52.1 Å². The maximum Gasteiger partial charge on any atom is 0.250 e. The summed E-state index contributed by atoms with van der Waals surface area (Å²) in [6.45, 7) is 2.27. The standard InChI is InChI=1S/C20H25N3O3S2/c1-21-19(24)20-11-17(22-28(25,26)18-8-5-9-27-18)10-16(20)13-23(14-20)12-15-6-3-2-4-7-15/h2-9,16-17,22H,10-14H2,1H3,(H,21,24)/t16-,17-,20-/m0/s1. The smallest absolute Gasteiger partial charge is 0.250 e. The second kappa shape index (κ2) is 7.59. The van der Waals surface area contributed by atoms with Crippen LogP contribution in [0.25, 0.3) is 0 Å². The molecule has 2 heterocycles. The quantitative estimate of drug-likeness (QED) is 0.751. The number of nitrogens with zero attached hydrogens (tertiary/aromatic N) is 1. The summed E-state index contributed by atoms with van der Waals surface area (Å²) >= 11 is 1.21. The number of fused-ring (bicyclic) bond motifs is 1. The molecule has 28 heavy (non-hydrogen) atoms. The van der Waals surface area contributed by atoms with Crippen LogP contribution in [0.4, 0.5) is 0 Å². The van der Waals surface area contributed by atoms with E-state index < -0.39 is 15.4 Å². The van der Waals surface area contributed by atoms with Crippen molar-refractivity contribution in [2.45, 2.75) is 29.6 Å².